The lowest BCUT2D eigenvalue weighted by Crippen LogP contribution is -2.48. The predicted octanol–water partition coefficient (Wildman–Crippen LogP) is 2.00. The Morgan fingerprint density at radius 2 is 2.14 bits per heavy atom. The van der Waals surface area contributed by atoms with Crippen LogP contribution in [0.5, 0.6) is 0 Å². The van der Waals surface area contributed by atoms with Gasteiger partial charge in [0.05, 0.1) is 7.11 Å². The number of benzene rings is 1. The van der Waals surface area contributed by atoms with E-state index in [4.69, 9.17) is 9.26 Å². The van der Waals surface area contributed by atoms with Gasteiger partial charge in [0.1, 0.15) is 11.4 Å². The van der Waals surface area contributed by atoms with Crippen molar-refractivity contribution in [1.82, 2.24) is 15.0 Å². The molecule has 0 radical (unpaired) electrons. The summed E-state index contributed by atoms with van der Waals surface area (Å²) in [4.78, 5) is 26.7. The third kappa shape index (κ3) is 4.39. The van der Waals surface area contributed by atoms with Gasteiger partial charge in [-0.3, -0.25) is 15.1 Å². The van der Waals surface area contributed by atoms with Crippen LogP contribution >= 0.6 is 0 Å². The van der Waals surface area contributed by atoms with Crippen LogP contribution in [0, 0.1) is 12.7 Å². The van der Waals surface area contributed by atoms with Crippen LogP contribution in [-0.2, 0) is 16.1 Å². The van der Waals surface area contributed by atoms with E-state index in [9.17, 15) is 9.59 Å². The quantitative estimate of drug-likeness (QED) is 0.595. The number of hydrogen-bond acceptors (Lipinski definition) is 7. The SMILES string of the molecule is COC(=O)N1CCN(Cc2cccc(N(C=O)Nc3cc(C)on3)c2F)CC1. The van der Waals surface area contributed by atoms with Crippen LogP contribution in [0.1, 0.15) is 11.3 Å². The first-order valence-electron chi connectivity index (χ1n) is 8.79. The molecule has 1 aromatic carbocycles. The van der Waals surface area contributed by atoms with Gasteiger partial charge in [0, 0.05) is 44.4 Å². The third-order valence-electron chi connectivity index (χ3n) is 4.49. The third-order valence-corrected chi connectivity index (χ3v) is 4.49. The lowest BCUT2D eigenvalue weighted by Gasteiger charge is -2.34. The van der Waals surface area contributed by atoms with Crippen molar-refractivity contribution < 1.29 is 23.2 Å². The number of ether oxygens (including phenoxy) is 1. The van der Waals surface area contributed by atoms with Crippen molar-refractivity contribution in [3.8, 4) is 0 Å². The minimum absolute atomic E-state index is 0.0846. The lowest BCUT2D eigenvalue weighted by atomic mass is 10.1. The molecule has 1 N–H and O–H groups in total. The molecular weight excluding hydrogens is 369 g/mol. The average Bonchev–Trinajstić information content (AvgIpc) is 3.12. The van der Waals surface area contributed by atoms with Crippen molar-refractivity contribution in [1.29, 1.82) is 0 Å². The molecule has 28 heavy (non-hydrogen) atoms. The Labute approximate surface area is 161 Å². The van der Waals surface area contributed by atoms with Crippen LogP contribution < -0.4 is 10.4 Å². The summed E-state index contributed by atoms with van der Waals surface area (Å²) in [6, 6.07) is 6.46. The van der Waals surface area contributed by atoms with E-state index in [-0.39, 0.29) is 11.8 Å². The Morgan fingerprint density at radius 1 is 1.39 bits per heavy atom. The fourth-order valence-corrected chi connectivity index (χ4v) is 3.02. The van der Waals surface area contributed by atoms with Gasteiger partial charge in [-0.05, 0) is 13.0 Å². The molecule has 1 aromatic heterocycles. The first-order chi connectivity index (χ1) is 13.5. The number of aryl methyl sites for hydroxylation is 1. The maximum Gasteiger partial charge on any atom is 0.409 e. The highest BCUT2D eigenvalue weighted by atomic mass is 19.1. The van der Waals surface area contributed by atoms with Crippen LogP contribution in [0.3, 0.4) is 0 Å². The van der Waals surface area contributed by atoms with Gasteiger partial charge in [0.15, 0.2) is 11.6 Å². The highest BCUT2D eigenvalue weighted by Gasteiger charge is 2.23. The molecule has 10 heteroatoms. The largest absolute Gasteiger partial charge is 0.453 e. The summed E-state index contributed by atoms with van der Waals surface area (Å²) in [5.74, 6) is 0.361. The number of aromatic nitrogens is 1. The van der Waals surface area contributed by atoms with Gasteiger partial charge in [-0.1, -0.05) is 17.3 Å². The molecule has 150 valence electrons. The Hall–Kier alpha value is -3.14. The molecule has 0 saturated carbocycles. The van der Waals surface area contributed by atoms with Crippen molar-refractivity contribution in [2.75, 3.05) is 43.7 Å². The van der Waals surface area contributed by atoms with Crippen molar-refractivity contribution in [2.45, 2.75) is 13.5 Å². The Balaban J connectivity index is 1.68. The standard InChI is InChI=1S/C18H22FN5O4/c1-13-10-16(21-28-13)20-24(12-25)15-5-3-4-14(17(15)19)11-22-6-8-23(9-7-22)18(26)27-2/h3-5,10,12H,6-9,11H2,1-2H3,(H,20,21). The van der Waals surface area contributed by atoms with Gasteiger partial charge >= 0.3 is 6.09 Å². The van der Waals surface area contributed by atoms with Gasteiger partial charge in [-0.2, -0.15) is 0 Å². The second-order valence-electron chi connectivity index (χ2n) is 6.39. The number of anilines is 2. The molecule has 1 saturated heterocycles. The maximum atomic E-state index is 15.0. The fraction of sp³-hybridized carbons (Fsp3) is 0.389. The van der Waals surface area contributed by atoms with Crippen LogP contribution in [0.4, 0.5) is 20.7 Å². The molecule has 0 spiro atoms. The first kappa shape index (κ1) is 19.6. The molecule has 0 atom stereocenters. The van der Waals surface area contributed by atoms with Crippen molar-refractivity contribution in [3.05, 3.63) is 41.4 Å². The zero-order valence-corrected chi connectivity index (χ0v) is 15.7. The number of carbonyl (C=O) groups is 2. The van der Waals surface area contributed by atoms with Crippen molar-refractivity contribution in [3.63, 3.8) is 0 Å². The van der Waals surface area contributed by atoms with Crippen LogP contribution in [0.15, 0.2) is 28.8 Å². The molecule has 1 aliphatic heterocycles. The first-order valence-corrected chi connectivity index (χ1v) is 8.79. The summed E-state index contributed by atoms with van der Waals surface area (Å²) in [7, 11) is 1.35. The van der Waals surface area contributed by atoms with E-state index in [0.717, 1.165) is 5.01 Å². The van der Waals surface area contributed by atoms with Crippen molar-refractivity contribution in [2.24, 2.45) is 0 Å². The van der Waals surface area contributed by atoms with Crippen LogP contribution in [-0.4, -0.2) is 60.7 Å². The molecule has 1 aliphatic rings. The molecule has 0 bridgehead atoms. The zero-order valence-electron chi connectivity index (χ0n) is 15.7. The number of carbonyl (C=O) groups excluding carboxylic acids is 2. The number of halogens is 1. The highest BCUT2D eigenvalue weighted by Crippen LogP contribution is 2.24. The molecule has 0 unspecified atom stereocenters. The molecule has 2 amide bonds. The molecule has 2 aromatic rings. The molecule has 3 rings (SSSR count). The van der Waals surface area contributed by atoms with Gasteiger partial charge in [-0.25, -0.2) is 14.2 Å². The summed E-state index contributed by atoms with van der Waals surface area (Å²) >= 11 is 0. The predicted molar refractivity (Wildman–Crippen MR) is 99.1 cm³/mol. The second-order valence-corrected chi connectivity index (χ2v) is 6.39. The Morgan fingerprint density at radius 3 is 2.75 bits per heavy atom. The van der Waals surface area contributed by atoms with Crippen LogP contribution in [0.25, 0.3) is 0 Å². The summed E-state index contributed by atoms with van der Waals surface area (Å²) < 4.78 is 24.7. The van der Waals surface area contributed by atoms with Gasteiger partial charge in [-0.15, -0.1) is 0 Å². The van der Waals surface area contributed by atoms with Gasteiger partial charge in [0.2, 0.25) is 6.41 Å². The second kappa shape index (κ2) is 8.70. The number of methoxy groups -OCH3 is 1. The van der Waals surface area contributed by atoms with E-state index in [1.54, 1.807) is 30.0 Å². The molecule has 1 fully saturated rings. The van der Waals surface area contributed by atoms with E-state index >= 15 is 4.39 Å². The summed E-state index contributed by atoms with van der Waals surface area (Å²) in [5.41, 5.74) is 3.25. The number of rotatable bonds is 6. The summed E-state index contributed by atoms with van der Waals surface area (Å²) in [6.45, 7) is 4.32. The topological polar surface area (TPSA) is 91.2 Å². The Bertz CT molecular complexity index is 835. The number of nitrogens with zero attached hydrogens (tertiary/aromatic N) is 4. The van der Waals surface area contributed by atoms with Crippen LogP contribution in [0.2, 0.25) is 0 Å². The van der Waals surface area contributed by atoms with E-state index < -0.39 is 5.82 Å². The number of nitrogens with one attached hydrogen (secondary N) is 1. The number of hydrazine groups is 1. The maximum absolute atomic E-state index is 15.0. The molecule has 2 heterocycles. The summed E-state index contributed by atoms with van der Waals surface area (Å²) in [6.07, 6.45) is 0.116. The molecule has 0 aliphatic carbocycles. The smallest absolute Gasteiger partial charge is 0.409 e. The average molecular weight is 391 g/mol. The Kier molecular flexibility index (Phi) is 6.09. The molecule has 9 nitrogen and oxygen atoms in total. The summed E-state index contributed by atoms with van der Waals surface area (Å²) in [5, 5.41) is 4.76. The number of amides is 2. The lowest BCUT2D eigenvalue weighted by molar-refractivity contribution is -0.107. The number of hydrogen-bond donors (Lipinski definition) is 1. The van der Waals surface area contributed by atoms with Gasteiger partial charge in [0.25, 0.3) is 0 Å². The monoisotopic (exact) mass is 391 g/mol. The normalized spacial score (nSPS) is 14.6. The van der Waals surface area contributed by atoms with Crippen molar-refractivity contribution >= 4 is 24.0 Å². The van der Waals surface area contributed by atoms with E-state index in [1.165, 1.54) is 13.2 Å². The number of piperazine rings is 1. The zero-order chi connectivity index (χ0) is 20.1. The van der Waals surface area contributed by atoms with Gasteiger partial charge < -0.3 is 14.2 Å². The molecular formula is C18H22FN5O4. The van der Waals surface area contributed by atoms with E-state index in [0.29, 0.717) is 56.3 Å². The minimum atomic E-state index is -0.502. The van der Waals surface area contributed by atoms with E-state index in [1.807, 2.05) is 4.90 Å². The van der Waals surface area contributed by atoms with E-state index in [2.05, 4.69) is 10.6 Å². The minimum Gasteiger partial charge on any atom is -0.453 e. The highest BCUT2D eigenvalue weighted by molar-refractivity contribution is 5.78. The fourth-order valence-electron chi connectivity index (χ4n) is 3.02.